The molecule has 0 amide bonds. The minimum atomic E-state index is -0.0389. The summed E-state index contributed by atoms with van der Waals surface area (Å²) in [5.41, 5.74) is 8.60. The van der Waals surface area contributed by atoms with Gasteiger partial charge in [-0.15, -0.1) is 0 Å². The van der Waals surface area contributed by atoms with Crippen LogP contribution < -0.4 is 5.73 Å². The van der Waals surface area contributed by atoms with Crippen molar-refractivity contribution in [2.45, 2.75) is 20.3 Å². The van der Waals surface area contributed by atoms with Gasteiger partial charge in [-0.1, -0.05) is 49.7 Å². The van der Waals surface area contributed by atoms with Gasteiger partial charge in [0.15, 0.2) is 5.78 Å². The topological polar surface area (TPSA) is 43.1 Å². The van der Waals surface area contributed by atoms with Gasteiger partial charge < -0.3 is 5.73 Å². The summed E-state index contributed by atoms with van der Waals surface area (Å²) in [6.07, 6.45) is 1.02. The number of nitrogens with two attached hydrogens (primary N) is 1. The Hall–Kier alpha value is -1.80. The first-order chi connectivity index (χ1) is 9.47. The third-order valence-electron chi connectivity index (χ3n) is 3.12. The zero-order chi connectivity index (χ0) is 14.7. The van der Waals surface area contributed by atoms with Crippen LogP contribution in [0.25, 0.3) is 0 Å². The van der Waals surface area contributed by atoms with Crippen molar-refractivity contribution in [3.63, 3.8) is 0 Å². The third kappa shape index (κ3) is 3.40. The number of hydrogen-bond acceptors (Lipinski definition) is 2. The van der Waals surface area contributed by atoms with E-state index in [-0.39, 0.29) is 5.78 Å². The van der Waals surface area contributed by atoms with Crippen molar-refractivity contribution in [1.29, 1.82) is 0 Å². The highest BCUT2D eigenvalue weighted by Gasteiger charge is 2.10. The molecule has 0 aliphatic rings. The maximum atomic E-state index is 12.3. The largest absolute Gasteiger partial charge is 0.398 e. The summed E-state index contributed by atoms with van der Waals surface area (Å²) in [7, 11) is 0. The number of hydrogen-bond donors (Lipinski definition) is 1. The van der Waals surface area contributed by atoms with Crippen molar-refractivity contribution in [3.05, 3.63) is 64.2 Å². The van der Waals surface area contributed by atoms with E-state index in [9.17, 15) is 4.79 Å². The molecule has 104 valence electrons. The fourth-order valence-corrected chi connectivity index (χ4v) is 2.28. The highest BCUT2D eigenvalue weighted by molar-refractivity contribution is 6.33. The van der Waals surface area contributed by atoms with Gasteiger partial charge in [-0.05, 0) is 36.1 Å². The Labute approximate surface area is 124 Å². The lowest BCUT2D eigenvalue weighted by Crippen LogP contribution is -2.02. The van der Waals surface area contributed by atoms with Gasteiger partial charge in [-0.2, -0.15) is 0 Å². The molecule has 2 rings (SSSR count). The van der Waals surface area contributed by atoms with E-state index in [1.807, 2.05) is 24.3 Å². The van der Waals surface area contributed by atoms with Gasteiger partial charge in [0, 0.05) is 11.1 Å². The zero-order valence-electron chi connectivity index (χ0n) is 11.7. The Bertz CT molecular complexity index is 617. The van der Waals surface area contributed by atoms with E-state index in [0.717, 1.165) is 6.42 Å². The molecule has 0 fully saturated rings. The van der Waals surface area contributed by atoms with Crippen LogP contribution in [0.5, 0.6) is 0 Å². The van der Waals surface area contributed by atoms with Crippen molar-refractivity contribution in [2.75, 3.05) is 5.73 Å². The molecule has 0 saturated heterocycles. The van der Waals surface area contributed by atoms with E-state index in [1.54, 1.807) is 18.2 Å². The average molecular weight is 288 g/mol. The number of carbonyl (C=O) groups excluding carboxylic acids is 1. The molecule has 0 radical (unpaired) electrons. The van der Waals surface area contributed by atoms with Gasteiger partial charge in [0.05, 0.1) is 10.7 Å². The molecular weight excluding hydrogens is 270 g/mol. The summed E-state index contributed by atoms with van der Waals surface area (Å²) < 4.78 is 0. The minimum Gasteiger partial charge on any atom is -0.398 e. The number of rotatable bonds is 4. The zero-order valence-corrected chi connectivity index (χ0v) is 12.4. The predicted molar refractivity (Wildman–Crippen MR) is 84.3 cm³/mol. The minimum absolute atomic E-state index is 0.0389. The first kappa shape index (κ1) is 14.6. The number of halogens is 1. The Morgan fingerprint density at radius 1 is 1.10 bits per heavy atom. The SMILES string of the molecule is CC(C)Cc1ccc(C(=O)c2ccc(N)c(Cl)c2)cc1. The molecular formula is C17H18ClNO. The second-order valence-electron chi connectivity index (χ2n) is 5.36. The number of carbonyl (C=O) groups is 1. The Morgan fingerprint density at radius 2 is 1.70 bits per heavy atom. The Balaban J connectivity index is 2.22. The molecule has 2 N–H and O–H groups in total. The van der Waals surface area contributed by atoms with Crippen molar-refractivity contribution < 1.29 is 4.79 Å². The normalized spacial score (nSPS) is 10.8. The molecule has 2 aromatic rings. The molecule has 20 heavy (non-hydrogen) atoms. The molecule has 0 aliphatic heterocycles. The average Bonchev–Trinajstić information content (AvgIpc) is 2.41. The molecule has 0 atom stereocenters. The van der Waals surface area contributed by atoms with Gasteiger partial charge in [0.25, 0.3) is 0 Å². The highest BCUT2D eigenvalue weighted by Crippen LogP contribution is 2.21. The van der Waals surface area contributed by atoms with Crippen LogP contribution in [0.4, 0.5) is 5.69 Å². The second kappa shape index (κ2) is 6.10. The summed E-state index contributed by atoms with van der Waals surface area (Å²) >= 11 is 5.95. The molecule has 0 aliphatic carbocycles. The Morgan fingerprint density at radius 3 is 2.25 bits per heavy atom. The van der Waals surface area contributed by atoms with E-state index in [0.29, 0.717) is 27.8 Å². The van der Waals surface area contributed by atoms with E-state index in [2.05, 4.69) is 13.8 Å². The van der Waals surface area contributed by atoms with E-state index in [1.165, 1.54) is 5.56 Å². The van der Waals surface area contributed by atoms with Gasteiger partial charge in [0.1, 0.15) is 0 Å². The number of benzene rings is 2. The monoisotopic (exact) mass is 287 g/mol. The van der Waals surface area contributed by atoms with Crippen LogP contribution >= 0.6 is 11.6 Å². The van der Waals surface area contributed by atoms with Crippen molar-refractivity contribution >= 4 is 23.1 Å². The summed E-state index contributed by atoms with van der Waals surface area (Å²) in [4.78, 5) is 12.3. The van der Waals surface area contributed by atoms with Gasteiger partial charge in [0.2, 0.25) is 0 Å². The number of nitrogen functional groups attached to an aromatic ring is 1. The fourth-order valence-electron chi connectivity index (χ4n) is 2.10. The smallest absolute Gasteiger partial charge is 0.193 e. The molecule has 0 aromatic heterocycles. The van der Waals surface area contributed by atoms with Crippen LogP contribution in [-0.4, -0.2) is 5.78 Å². The second-order valence-corrected chi connectivity index (χ2v) is 5.77. The maximum Gasteiger partial charge on any atom is 0.193 e. The van der Waals surface area contributed by atoms with Crippen LogP contribution in [-0.2, 0) is 6.42 Å². The van der Waals surface area contributed by atoms with Crippen LogP contribution in [0.1, 0.15) is 35.3 Å². The standard InChI is InChI=1S/C17H18ClNO/c1-11(2)9-12-3-5-13(6-4-12)17(20)14-7-8-16(19)15(18)10-14/h3-8,10-11H,9,19H2,1-2H3. The summed E-state index contributed by atoms with van der Waals surface area (Å²) in [5, 5.41) is 0.410. The lowest BCUT2D eigenvalue weighted by molar-refractivity contribution is 0.103. The molecule has 2 aromatic carbocycles. The van der Waals surface area contributed by atoms with Crippen LogP contribution in [0.15, 0.2) is 42.5 Å². The molecule has 0 heterocycles. The summed E-state index contributed by atoms with van der Waals surface area (Å²) in [6, 6.07) is 12.7. The Kier molecular flexibility index (Phi) is 4.46. The third-order valence-corrected chi connectivity index (χ3v) is 3.45. The molecule has 0 unspecified atom stereocenters. The summed E-state index contributed by atoms with van der Waals surface area (Å²) in [5.74, 6) is 0.565. The van der Waals surface area contributed by atoms with Crippen LogP contribution in [0.3, 0.4) is 0 Å². The molecule has 2 nitrogen and oxygen atoms in total. The lowest BCUT2D eigenvalue weighted by Gasteiger charge is -2.07. The molecule has 3 heteroatoms. The van der Waals surface area contributed by atoms with Crippen molar-refractivity contribution in [2.24, 2.45) is 5.92 Å². The van der Waals surface area contributed by atoms with Gasteiger partial charge in [-0.25, -0.2) is 0 Å². The fraction of sp³-hybridized carbons (Fsp3) is 0.235. The maximum absolute atomic E-state index is 12.3. The van der Waals surface area contributed by atoms with E-state index < -0.39 is 0 Å². The number of ketones is 1. The van der Waals surface area contributed by atoms with Crippen LogP contribution in [0.2, 0.25) is 5.02 Å². The van der Waals surface area contributed by atoms with E-state index >= 15 is 0 Å². The molecule has 0 spiro atoms. The van der Waals surface area contributed by atoms with Gasteiger partial charge >= 0.3 is 0 Å². The lowest BCUT2D eigenvalue weighted by atomic mass is 9.98. The predicted octanol–water partition coefficient (Wildman–Crippen LogP) is 4.35. The summed E-state index contributed by atoms with van der Waals surface area (Å²) in [6.45, 7) is 4.35. The van der Waals surface area contributed by atoms with Gasteiger partial charge in [-0.3, -0.25) is 4.79 Å². The molecule has 0 bridgehead atoms. The first-order valence-electron chi connectivity index (χ1n) is 6.66. The molecule has 0 saturated carbocycles. The van der Waals surface area contributed by atoms with Crippen molar-refractivity contribution in [3.8, 4) is 0 Å². The number of anilines is 1. The van der Waals surface area contributed by atoms with Crippen molar-refractivity contribution in [1.82, 2.24) is 0 Å². The van der Waals surface area contributed by atoms with Crippen LogP contribution in [0, 0.1) is 5.92 Å². The quantitative estimate of drug-likeness (QED) is 0.671. The highest BCUT2D eigenvalue weighted by atomic mass is 35.5. The first-order valence-corrected chi connectivity index (χ1v) is 7.04. The van der Waals surface area contributed by atoms with E-state index in [4.69, 9.17) is 17.3 Å².